The van der Waals surface area contributed by atoms with Crippen LogP contribution in [0.1, 0.15) is 23.7 Å². The van der Waals surface area contributed by atoms with Crippen LogP contribution in [0.2, 0.25) is 0 Å². The molecule has 4 N–H and O–H groups in total. The molecule has 0 saturated carbocycles. The maximum absolute atomic E-state index is 14.9. The quantitative estimate of drug-likeness (QED) is 0.154. The first-order chi connectivity index (χ1) is 19.7. The Balaban J connectivity index is 1.38. The minimum atomic E-state index is -1.43. The van der Waals surface area contributed by atoms with E-state index in [0.29, 0.717) is 34.6 Å². The van der Waals surface area contributed by atoms with Crippen molar-refractivity contribution >= 4 is 28.6 Å². The van der Waals surface area contributed by atoms with Crippen LogP contribution >= 0.6 is 11.8 Å². The van der Waals surface area contributed by atoms with Crippen LogP contribution in [0.15, 0.2) is 85.0 Å². The number of benzene rings is 3. The number of carbonyl (C=O) groups excluding carboxylic acids is 1. The molecule has 0 radical (unpaired) electrons. The largest absolute Gasteiger partial charge is 0.451 e. The van der Waals surface area contributed by atoms with Crippen LogP contribution in [0.5, 0.6) is 11.5 Å². The molecular weight excluding hydrogens is 546 g/mol. The number of halogens is 2. The van der Waals surface area contributed by atoms with E-state index >= 15 is 0 Å². The smallest absolute Gasteiger partial charge is 0.233 e. The number of hydrogen-bond acceptors (Lipinski definition) is 5. The van der Waals surface area contributed by atoms with Crippen LogP contribution in [0.25, 0.3) is 22.3 Å². The van der Waals surface area contributed by atoms with Crippen molar-refractivity contribution in [1.82, 2.24) is 20.3 Å². The Hall–Kier alpha value is -4.41. The Morgan fingerprint density at radius 3 is 2.80 bits per heavy atom. The fourth-order valence-corrected chi connectivity index (χ4v) is 5.36. The summed E-state index contributed by atoms with van der Waals surface area (Å²) < 4.78 is 35.1. The Bertz CT molecular complexity index is 1730. The number of ether oxygens (including phenoxy) is 1. The van der Waals surface area contributed by atoms with Crippen molar-refractivity contribution in [3.05, 3.63) is 113 Å². The fraction of sp³-hybridized carbons (Fsp3) is 0.161. The van der Waals surface area contributed by atoms with Crippen LogP contribution in [0.4, 0.5) is 8.78 Å². The Labute approximate surface area is 239 Å². The predicted octanol–water partition coefficient (Wildman–Crippen LogP) is 6.42. The zero-order valence-electron chi connectivity index (χ0n) is 22.4. The van der Waals surface area contributed by atoms with Gasteiger partial charge in [-0.15, -0.1) is 11.8 Å². The van der Waals surface area contributed by atoms with Crippen LogP contribution in [-0.2, 0) is 16.8 Å². The number of carbonyl (C=O) groups is 1. The van der Waals surface area contributed by atoms with Crippen molar-refractivity contribution in [2.45, 2.75) is 24.2 Å². The SMILES string of the molecule is C=CSC(Cc1cccc(C(C)(O)c2cnc(-c3cccc(Oc4c(F)cc5[nH]ccc5c4F)c3)[nH]2)c1)C(=O)NC. The lowest BCUT2D eigenvalue weighted by Gasteiger charge is -2.23. The van der Waals surface area contributed by atoms with E-state index in [1.807, 2.05) is 18.2 Å². The molecule has 3 aromatic carbocycles. The number of nitrogens with zero attached hydrogens (tertiary/aromatic N) is 1. The number of imidazole rings is 1. The highest BCUT2D eigenvalue weighted by atomic mass is 32.2. The summed E-state index contributed by atoms with van der Waals surface area (Å²) in [5, 5.41) is 15.7. The monoisotopic (exact) mass is 574 g/mol. The minimum absolute atomic E-state index is 0.105. The van der Waals surface area contributed by atoms with Gasteiger partial charge in [0.05, 0.1) is 22.7 Å². The highest BCUT2D eigenvalue weighted by molar-refractivity contribution is 8.03. The molecule has 0 spiro atoms. The van der Waals surface area contributed by atoms with Crippen LogP contribution < -0.4 is 10.1 Å². The fourth-order valence-electron chi connectivity index (χ4n) is 4.60. The van der Waals surface area contributed by atoms with Crippen molar-refractivity contribution in [3.8, 4) is 22.9 Å². The number of nitrogens with one attached hydrogen (secondary N) is 3. The van der Waals surface area contributed by atoms with Gasteiger partial charge in [0.25, 0.3) is 0 Å². The van der Waals surface area contributed by atoms with Gasteiger partial charge in [-0.1, -0.05) is 43.0 Å². The molecule has 0 aliphatic carbocycles. The number of rotatable bonds is 10. The number of amides is 1. The molecule has 2 unspecified atom stereocenters. The molecule has 2 heterocycles. The molecule has 10 heteroatoms. The summed E-state index contributed by atoms with van der Waals surface area (Å²) in [6.45, 7) is 5.37. The Morgan fingerprint density at radius 2 is 2.02 bits per heavy atom. The van der Waals surface area contributed by atoms with Gasteiger partial charge in [0.15, 0.2) is 17.4 Å². The first-order valence-corrected chi connectivity index (χ1v) is 13.7. The molecule has 2 atom stereocenters. The molecule has 210 valence electrons. The van der Waals surface area contributed by atoms with Gasteiger partial charge in [-0.3, -0.25) is 4.79 Å². The second kappa shape index (κ2) is 11.6. The van der Waals surface area contributed by atoms with Crippen LogP contribution in [0, 0.1) is 11.6 Å². The lowest BCUT2D eigenvalue weighted by atomic mass is 9.91. The number of hydrogen-bond donors (Lipinski definition) is 4. The standard InChI is InChI=1S/C31H28F2N4O3S/c1-4-41-25(30(38)34-3)14-18-7-5-9-20(13-18)31(2,39)26-17-36-29(37-26)19-8-6-10-21(15-19)40-28-23(32)16-24-22(27(28)33)11-12-35-24/h4-13,15-17,25,35,39H,1,14H2,2-3H3,(H,34,38)(H,36,37). The van der Waals surface area contributed by atoms with Crippen molar-refractivity contribution in [1.29, 1.82) is 0 Å². The first-order valence-electron chi connectivity index (χ1n) is 12.8. The van der Waals surface area contributed by atoms with Crippen molar-refractivity contribution < 1.29 is 23.4 Å². The molecule has 41 heavy (non-hydrogen) atoms. The normalized spacial score (nSPS) is 13.5. The lowest BCUT2D eigenvalue weighted by molar-refractivity contribution is -0.120. The highest BCUT2D eigenvalue weighted by Crippen LogP contribution is 2.35. The average Bonchev–Trinajstić information content (AvgIpc) is 3.66. The van der Waals surface area contributed by atoms with E-state index in [1.54, 1.807) is 49.7 Å². The molecule has 0 aliphatic heterocycles. The number of aromatic nitrogens is 3. The van der Waals surface area contributed by atoms with Crippen LogP contribution in [0.3, 0.4) is 0 Å². The van der Waals surface area contributed by atoms with E-state index < -0.39 is 23.0 Å². The Morgan fingerprint density at radius 1 is 1.22 bits per heavy atom. The maximum Gasteiger partial charge on any atom is 0.233 e. The third kappa shape index (κ3) is 5.75. The summed E-state index contributed by atoms with van der Waals surface area (Å²) in [6, 6.07) is 16.7. The first kappa shape index (κ1) is 28.1. The molecule has 0 saturated heterocycles. The second-order valence-corrected chi connectivity index (χ2v) is 10.8. The lowest BCUT2D eigenvalue weighted by Crippen LogP contribution is -2.31. The zero-order chi connectivity index (χ0) is 29.1. The van der Waals surface area contributed by atoms with E-state index in [-0.39, 0.29) is 22.3 Å². The van der Waals surface area contributed by atoms with Crippen molar-refractivity contribution in [2.75, 3.05) is 7.05 Å². The summed E-state index contributed by atoms with van der Waals surface area (Å²) >= 11 is 1.34. The van der Waals surface area contributed by atoms with Gasteiger partial charge in [0.1, 0.15) is 17.2 Å². The molecule has 0 fully saturated rings. The molecule has 7 nitrogen and oxygen atoms in total. The Kier molecular flexibility index (Phi) is 7.96. The highest BCUT2D eigenvalue weighted by Gasteiger charge is 2.29. The van der Waals surface area contributed by atoms with E-state index in [9.17, 15) is 18.7 Å². The van der Waals surface area contributed by atoms with Gasteiger partial charge in [0, 0.05) is 30.3 Å². The molecule has 2 aromatic heterocycles. The van der Waals surface area contributed by atoms with Gasteiger partial charge < -0.3 is 25.1 Å². The molecular formula is C31H28F2N4O3S. The van der Waals surface area contributed by atoms with E-state index in [1.165, 1.54) is 36.3 Å². The van der Waals surface area contributed by atoms with E-state index in [4.69, 9.17) is 4.74 Å². The predicted molar refractivity (Wildman–Crippen MR) is 157 cm³/mol. The number of H-pyrrole nitrogens is 2. The summed E-state index contributed by atoms with van der Waals surface area (Å²) in [6.07, 6.45) is 3.52. The van der Waals surface area contributed by atoms with Gasteiger partial charge in [0.2, 0.25) is 5.91 Å². The van der Waals surface area contributed by atoms with Gasteiger partial charge in [-0.05, 0) is 48.1 Å². The zero-order valence-corrected chi connectivity index (χ0v) is 23.2. The second-order valence-electron chi connectivity index (χ2n) is 9.60. The number of aliphatic hydroxyl groups is 1. The van der Waals surface area contributed by atoms with Crippen molar-refractivity contribution in [2.24, 2.45) is 0 Å². The molecule has 1 amide bonds. The summed E-state index contributed by atoms with van der Waals surface area (Å²) in [5.74, 6) is -1.57. The van der Waals surface area contributed by atoms with Crippen LogP contribution in [-0.4, -0.2) is 38.3 Å². The molecule has 5 rings (SSSR count). The van der Waals surface area contributed by atoms with Crippen molar-refractivity contribution in [3.63, 3.8) is 0 Å². The number of aromatic amines is 2. The average molecular weight is 575 g/mol. The topological polar surface area (TPSA) is 103 Å². The molecule has 0 aliphatic rings. The third-order valence-corrected chi connectivity index (χ3v) is 7.74. The number of thioether (sulfide) groups is 1. The van der Waals surface area contributed by atoms with E-state index in [0.717, 1.165) is 5.56 Å². The van der Waals surface area contributed by atoms with Gasteiger partial charge in [-0.25, -0.2) is 13.8 Å². The minimum Gasteiger partial charge on any atom is -0.451 e. The third-order valence-electron chi connectivity index (χ3n) is 6.84. The van der Waals surface area contributed by atoms with E-state index in [2.05, 4.69) is 26.8 Å². The van der Waals surface area contributed by atoms with Gasteiger partial charge >= 0.3 is 0 Å². The molecule has 0 bridgehead atoms. The summed E-state index contributed by atoms with van der Waals surface area (Å²) in [7, 11) is 1.59. The molecule has 5 aromatic rings. The maximum atomic E-state index is 14.9. The summed E-state index contributed by atoms with van der Waals surface area (Å²) in [4.78, 5) is 22.6. The number of fused-ring (bicyclic) bond motifs is 1. The summed E-state index contributed by atoms with van der Waals surface area (Å²) in [5.41, 5.74) is 1.44. The van der Waals surface area contributed by atoms with Gasteiger partial charge in [-0.2, -0.15) is 0 Å².